The largest absolute Gasteiger partial charge is 0.274 e. The molecule has 0 radical (unpaired) electrons. The van der Waals surface area contributed by atoms with E-state index in [1.807, 2.05) is 18.2 Å². The van der Waals surface area contributed by atoms with Gasteiger partial charge in [0.15, 0.2) is 0 Å². The van der Waals surface area contributed by atoms with Crippen LogP contribution in [0.2, 0.25) is 0 Å². The quantitative estimate of drug-likeness (QED) is 0.482. The van der Waals surface area contributed by atoms with E-state index in [1.54, 1.807) is 0 Å². The molecule has 2 atom stereocenters. The number of carbonyl (C=O) groups excluding carboxylic acids is 2. The Hall–Kier alpha value is -0.990. The monoisotopic (exact) mass is 281 g/mol. The van der Waals surface area contributed by atoms with Gasteiger partial charge in [-0.1, -0.05) is 36.2 Å². The van der Waals surface area contributed by atoms with E-state index in [4.69, 9.17) is 0 Å². The number of hydrogen-bond donors (Lipinski definition) is 0. The third-order valence-electron chi connectivity index (χ3n) is 2.94. The molecule has 2 rings (SSSR count). The number of nitrogens with zero attached hydrogens (tertiary/aromatic N) is 1. The minimum Gasteiger partial charge on any atom is -0.274 e. The van der Waals surface area contributed by atoms with E-state index < -0.39 is 7.12 Å². The molecule has 0 aliphatic carbocycles. The van der Waals surface area contributed by atoms with Crippen LogP contribution in [0.4, 0.5) is 0 Å². The normalized spacial score (nSPS) is 19.1. The number of carbonyl (C=O) groups is 2. The maximum absolute atomic E-state index is 11.6. The first-order valence-electron chi connectivity index (χ1n) is 5.72. The predicted octanol–water partition coefficient (Wildman–Crippen LogP) is 2.15. The van der Waals surface area contributed by atoms with Crippen LogP contribution in [0.25, 0.3) is 0 Å². The van der Waals surface area contributed by atoms with Crippen LogP contribution in [0.15, 0.2) is 30.3 Å². The van der Waals surface area contributed by atoms with Crippen molar-refractivity contribution in [2.75, 3.05) is 12.5 Å². The van der Waals surface area contributed by atoms with Gasteiger partial charge in [-0.25, -0.2) is 0 Å². The Bertz CT molecular complexity index is 473. The summed E-state index contributed by atoms with van der Waals surface area (Å²) in [6, 6.07) is 10.2. The third-order valence-corrected chi connectivity index (χ3v) is 8.60. The number of rotatable bonds is 4. The Morgan fingerprint density at radius 2 is 1.78 bits per heavy atom. The molecule has 0 N–H and O–H groups in total. The highest BCUT2D eigenvalue weighted by molar-refractivity contribution is 8.65. The van der Waals surface area contributed by atoms with Crippen molar-refractivity contribution in [2.24, 2.45) is 0 Å². The van der Waals surface area contributed by atoms with Crippen molar-refractivity contribution in [3.8, 4) is 0 Å². The van der Waals surface area contributed by atoms with E-state index >= 15 is 0 Å². The van der Waals surface area contributed by atoms with Gasteiger partial charge in [-0.05, 0) is 19.1 Å². The molecule has 1 aliphatic heterocycles. The van der Waals surface area contributed by atoms with Gasteiger partial charge in [-0.15, -0.1) is 10.1 Å². The predicted molar refractivity (Wildman–Crippen MR) is 79.6 cm³/mol. The Morgan fingerprint density at radius 3 is 2.33 bits per heavy atom. The second kappa shape index (κ2) is 5.77. The molecule has 0 saturated carbocycles. The Balaban J connectivity index is 2.04. The van der Waals surface area contributed by atoms with Gasteiger partial charge in [-0.2, -0.15) is 0 Å². The minimum atomic E-state index is -0.421. The van der Waals surface area contributed by atoms with Crippen LogP contribution in [-0.2, 0) is 9.59 Å². The van der Waals surface area contributed by atoms with E-state index in [0.717, 1.165) is 0 Å². The summed E-state index contributed by atoms with van der Waals surface area (Å²) >= 11 is 0. The fourth-order valence-electron chi connectivity index (χ4n) is 1.79. The van der Waals surface area contributed by atoms with Crippen LogP contribution in [0.5, 0.6) is 0 Å². The van der Waals surface area contributed by atoms with Gasteiger partial charge in [0.1, 0.15) is 0 Å². The van der Waals surface area contributed by atoms with Crippen molar-refractivity contribution in [1.82, 2.24) is 4.90 Å². The number of imide groups is 1. The number of benzene rings is 1. The first-order valence-corrected chi connectivity index (χ1v) is 9.68. The molecule has 0 aromatic heterocycles. The Kier molecular flexibility index (Phi) is 4.31. The zero-order valence-corrected chi connectivity index (χ0v) is 12.0. The van der Waals surface area contributed by atoms with Crippen molar-refractivity contribution >= 4 is 40.2 Å². The molecule has 2 amide bonds. The average Bonchev–Trinajstić information content (AvgIpc) is 2.70. The summed E-state index contributed by atoms with van der Waals surface area (Å²) in [4.78, 5) is 24.5. The number of amides is 2. The SMILES string of the molecule is C=S(CN1C(=O)CCC1=O)P(C)c1ccccc1. The van der Waals surface area contributed by atoms with Crippen LogP contribution in [0.3, 0.4) is 0 Å². The van der Waals surface area contributed by atoms with Crippen LogP contribution in [0, 0.1) is 0 Å². The van der Waals surface area contributed by atoms with Crippen molar-refractivity contribution in [2.45, 2.75) is 12.8 Å². The lowest BCUT2D eigenvalue weighted by Crippen LogP contribution is -2.29. The summed E-state index contributed by atoms with van der Waals surface area (Å²) in [6.07, 6.45) is 0.728. The Morgan fingerprint density at radius 1 is 1.22 bits per heavy atom. The summed E-state index contributed by atoms with van der Waals surface area (Å²) in [6.45, 7) is 2.16. The van der Waals surface area contributed by atoms with Crippen molar-refractivity contribution in [3.63, 3.8) is 0 Å². The number of likely N-dealkylation sites (tertiary alicyclic amines) is 1. The molecule has 18 heavy (non-hydrogen) atoms. The fourth-order valence-corrected chi connectivity index (χ4v) is 5.56. The highest BCUT2D eigenvalue weighted by Gasteiger charge is 2.29. The zero-order chi connectivity index (χ0) is 13.1. The lowest BCUT2D eigenvalue weighted by molar-refractivity contribution is -0.137. The van der Waals surface area contributed by atoms with Gasteiger partial charge in [-0.3, -0.25) is 14.5 Å². The maximum Gasteiger partial charge on any atom is 0.230 e. The van der Waals surface area contributed by atoms with Crippen molar-refractivity contribution in [3.05, 3.63) is 30.3 Å². The third kappa shape index (κ3) is 2.88. The van der Waals surface area contributed by atoms with Gasteiger partial charge >= 0.3 is 0 Å². The second-order valence-electron chi connectivity index (χ2n) is 4.14. The van der Waals surface area contributed by atoms with Gasteiger partial charge in [0.2, 0.25) is 11.8 Å². The van der Waals surface area contributed by atoms with Crippen LogP contribution in [-0.4, -0.2) is 35.1 Å². The standard InChI is InChI=1S/C13H16NO2PS/c1-17(11-6-4-3-5-7-11)18(2)10-14-12(15)8-9-13(14)16/h3-7H,2,8-10H2,1H3. The van der Waals surface area contributed by atoms with Crippen molar-refractivity contribution < 1.29 is 9.59 Å². The zero-order valence-electron chi connectivity index (χ0n) is 10.3. The summed E-state index contributed by atoms with van der Waals surface area (Å²) in [7, 11) is -0.619. The smallest absolute Gasteiger partial charge is 0.230 e. The van der Waals surface area contributed by atoms with Crippen LogP contribution in [0.1, 0.15) is 12.8 Å². The lowest BCUT2D eigenvalue weighted by atomic mass is 10.4. The van der Waals surface area contributed by atoms with E-state index in [2.05, 4.69) is 24.7 Å². The van der Waals surface area contributed by atoms with Gasteiger partial charge in [0.25, 0.3) is 0 Å². The highest BCUT2D eigenvalue weighted by atomic mass is 32.7. The highest BCUT2D eigenvalue weighted by Crippen LogP contribution is 2.50. The molecule has 3 nitrogen and oxygen atoms in total. The first kappa shape index (κ1) is 13.4. The second-order valence-corrected chi connectivity index (χ2v) is 10.0. The molecule has 1 heterocycles. The molecule has 1 fully saturated rings. The maximum atomic E-state index is 11.6. The van der Waals surface area contributed by atoms with Crippen LogP contribution >= 0.6 is 17.2 Å². The van der Waals surface area contributed by atoms with E-state index in [0.29, 0.717) is 18.7 Å². The molecule has 1 aliphatic rings. The molecule has 0 spiro atoms. The summed E-state index contributed by atoms with van der Waals surface area (Å²) in [5, 5.41) is 1.27. The fraction of sp³-hybridized carbons (Fsp3) is 0.308. The molecule has 96 valence electrons. The topological polar surface area (TPSA) is 37.4 Å². The first-order chi connectivity index (χ1) is 8.59. The molecule has 1 aromatic carbocycles. The lowest BCUT2D eigenvalue weighted by Gasteiger charge is -2.21. The summed E-state index contributed by atoms with van der Waals surface area (Å²) < 4.78 is 0. The van der Waals surface area contributed by atoms with Crippen molar-refractivity contribution in [1.29, 1.82) is 0 Å². The molecule has 0 bridgehead atoms. The molecule has 1 aromatic rings. The molecular weight excluding hydrogens is 265 g/mol. The molecule has 2 unspecified atom stereocenters. The minimum absolute atomic E-state index is 0.0439. The Labute approximate surface area is 111 Å². The van der Waals surface area contributed by atoms with E-state index in [9.17, 15) is 9.59 Å². The average molecular weight is 281 g/mol. The summed E-state index contributed by atoms with van der Waals surface area (Å²) in [5.41, 5.74) is 0. The van der Waals surface area contributed by atoms with E-state index in [1.165, 1.54) is 10.2 Å². The molecular formula is C13H16NO2PS. The van der Waals surface area contributed by atoms with Gasteiger partial charge in [0.05, 0.1) is 5.88 Å². The van der Waals surface area contributed by atoms with E-state index in [-0.39, 0.29) is 21.9 Å². The molecule has 5 heteroatoms. The van der Waals surface area contributed by atoms with Crippen LogP contribution < -0.4 is 5.30 Å². The van der Waals surface area contributed by atoms with Gasteiger partial charge < -0.3 is 0 Å². The van der Waals surface area contributed by atoms with Gasteiger partial charge in [0, 0.05) is 12.8 Å². The molecule has 1 saturated heterocycles. The number of hydrogen-bond acceptors (Lipinski definition) is 2. The summed E-state index contributed by atoms with van der Waals surface area (Å²) in [5.74, 6) is 4.55.